The van der Waals surface area contributed by atoms with Crippen LogP contribution in [0.2, 0.25) is 0 Å². The number of anilines is 1. The lowest BCUT2D eigenvalue weighted by Crippen LogP contribution is -2.24. The number of hydrogen-bond donors (Lipinski definition) is 2. The van der Waals surface area contributed by atoms with E-state index in [4.69, 9.17) is 5.73 Å². The van der Waals surface area contributed by atoms with E-state index < -0.39 is 0 Å². The number of carbonyl (C=O) groups is 1. The van der Waals surface area contributed by atoms with Gasteiger partial charge in [-0.15, -0.1) is 0 Å². The highest BCUT2D eigenvalue weighted by molar-refractivity contribution is 5.93. The van der Waals surface area contributed by atoms with Gasteiger partial charge in [-0.25, -0.2) is 0 Å². The van der Waals surface area contributed by atoms with Crippen molar-refractivity contribution >= 4 is 11.6 Å². The van der Waals surface area contributed by atoms with Crippen molar-refractivity contribution in [2.24, 2.45) is 11.7 Å². The van der Waals surface area contributed by atoms with Crippen LogP contribution in [-0.2, 0) is 11.2 Å². The van der Waals surface area contributed by atoms with Crippen LogP contribution < -0.4 is 11.1 Å². The molecule has 0 radical (unpaired) electrons. The monoisotopic (exact) mass is 272 g/mol. The molecule has 0 aromatic heterocycles. The molecule has 0 bridgehead atoms. The summed E-state index contributed by atoms with van der Waals surface area (Å²) in [5, 5.41) is 2.95. The van der Waals surface area contributed by atoms with E-state index in [2.05, 4.69) is 23.5 Å². The molecule has 1 aromatic rings. The first-order valence-corrected chi connectivity index (χ1v) is 7.90. The van der Waals surface area contributed by atoms with E-state index in [1.807, 2.05) is 0 Å². The minimum atomic E-state index is 0.132. The molecule has 1 unspecified atom stereocenters. The van der Waals surface area contributed by atoms with Crippen molar-refractivity contribution in [1.29, 1.82) is 0 Å². The third-order valence-electron chi connectivity index (χ3n) is 4.93. The molecule has 0 saturated heterocycles. The van der Waals surface area contributed by atoms with E-state index in [9.17, 15) is 4.79 Å². The van der Waals surface area contributed by atoms with Gasteiger partial charge in [0.1, 0.15) is 0 Å². The molecule has 3 rings (SSSR count). The molecule has 3 N–H and O–H groups in total. The predicted molar refractivity (Wildman–Crippen MR) is 81.8 cm³/mol. The van der Waals surface area contributed by atoms with Crippen LogP contribution in [-0.4, -0.2) is 12.5 Å². The SMILES string of the molecule is NCC(c1ccc2c(c1)CCC(=O)N2)C1CCCCC1. The molecule has 1 amide bonds. The van der Waals surface area contributed by atoms with Crippen molar-refractivity contribution in [2.75, 3.05) is 11.9 Å². The number of benzene rings is 1. The second-order valence-electron chi connectivity index (χ2n) is 6.21. The average Bonchev–Trinajstić information content (AvgIpc) is 2.49. The molecule has 1 heterocycles. The number of fused-ring (bicyclic) bond motifs is 1. The van der Waals surface area contributed by atoms with Gasteiger partial charge in [0.2, 0.25) is 5.91 Å². The minimum Gasteiger partial charge on any atom is -0.330 e. The van der Waals surface area contributed by atoms with Gasteiger partial charge in [0.25, 0.3) is 0 Å². The van der Waals surface area contributed by atoms with Crippen LogP contribution >= 0.6 is 0 Å². The average molecular weight is 272 g/mol. The van der Waals surface area contributed by atoms with Gasteiger partial charge >= 0.3 is 0 Å². The van der Waals surface area contributed by atoms with Crippen molar-refractivity contribution in [1.82, 2.24) is 0 Å². The van der Waals surface area contributed by atoms with Crippen molar-refractivity contribution in [2.45, 2.75) is 50.9 Å². The van der Waals surface area contributed by atoms with Gasteiger partial charge < -0.3 is 11.1 Å². The summed E-state index contributed by atoms with van der Waals surface area (Å²) in [7, 11) is 0. The summed E-state index contributed by atoms with van der Waals surface area (Å²) in [5.41, 5.74) is 9.70. The fourth-order valence-electron chi connectivity index (χ4n) is 3.77. The quantitative estimate of drug-likeness (QED) is 0.888. The van der Waals surface area contributed by atoms with Crippen LogP contribution in [0.4, 0.5) is 5.69 Å². The van der Waals surface area contributed by atoms with E-state index in [1.165, 1.54) is 43.2 Å². The summed E-state index contributed by atoms with van der Waals surface area (Å²) in [6.45, 7) is 0.732. The van der Waals surface area contributed by atoms with E-state index in [1.54, 1.807) is 0 Å². The van der Waals surface area contributed by atoms with Gasteiger partial charge in [0.05, 0.1) is 0 Å². The Morgan fingerprint density at radius 1 is 1.20 bits per heavy atom. The van der Waals surface area contributed by atoms with Crippen molar-refractivity contribution in [3.63, 3.8) is 0 Å². The Labute approximate surface area is 120 Å². The molecule has 1 saturated carbocycles. The molecule has 1 aromatic carbocycles. The lowest BCUT2D eigenvalue weighted by atomic mass is 9.76. The first-order valence-electron chi connectivity index (χ1n) is 7.90. The van der Waals surface area contributed by atoms with Crippen LogP contribution in [0, 0.1) is 5.92 Å². The second kappa shape index (κ2) is 5.96. The largest absolute Gasteiger partial charge is 0.330 e. The number of rotatable bonds is 3. The Morgan fingerprint density at radius 3 is 2.75 bits per heavy atom. The molecular formula is C17H24N2O. The van der Waals surface area contributed by atoms with Gasteiger partial charge in [0.15, 0.2) is 0 Å². The maximum absolute atomic E-state index is 11.4. The summed E-state index contributed by atoms with van der Waals surface area (Å²) in [5.74, 6) is 1.36. The first-order chi connectivity index (χ1) is 9.78. The van der Waals surface area contributed by atoms with Gasteiger partial charge in [-0.05, 0) is 54.8 Å². The van der Waals surface area contributed by atoms with Crippen molar-refractivity contribution in [3.05, 3.63) is 29.3 Å². The van der Waals surface area contributed by atoms with Gasteiger partial charge in [0, 0.05) is 12.1 Å². The first kappa shape index (κ1) is 13.6. The highest BCUT2D eigenvalue weighted by Gasteiger charge is 2.25. The number of amides is 1. The number of nitrogens with two attached hydrogens (primary N) is 1. The standard InChI is InChI=1S/C17H24N2O/c18-11-15(12-4-2-1-3-5-12)13-6-8-16-14(10-13)7-9-17(20)19-16/h6,8,10,12,15H,1-5,7,9,11,18H2,(H,19,20). The Hall–Kier alpha value is -1.35. The molecule has 20 heavy (non-hydrogen) atoms. The Bertz CT molecular complexity index is 492. The molecule has 1 fully saturated rings. The lowest BCUT2D eigenvalue weighted by Gasteiger charge is -2.30. The van der Waals surface area contributed by atoms with Crippen LogP contribution in [0.25, 0.3) is 0 Å². The number of aryl methyl sites for hydroxylation is 1. The van der Waals surface area contributed by atoms with Crippen LogP contribution in [0.1, 0.15) is 55.6 Å². The predicted octanol–water partition coefficient (Wildman–Crippen LogP) is 3.19. The third-order valence-corrected chi connectivity index (χ3v) is 4.93. The molecule has 3 heteroatoms. The van der Waals surface area contributed by atoms with E-state index in [-0.39, 0.29) is 5.91 Å². The topological polar surface area (TPSA) is 55.1 Å². The second-order valence-corrected chi connectivity index (χ2v) is 6.21. The zero-order chi connectivity index (χ0) is 13.9. The molecule has 1 aliphatic carbocycles. The summed E-state index contributed by atoms with van der Waals surface area (Å²) in [6, 6.07) is 6.50. The maximum Gasteiger partial charge on any atom is 0.224 e. The summed E-state index contributed by atoms with van der Waals surface area (Å²) >= 11 is 0. The molecule has 3 nitrogen and oxygen atoms in total. The smallest absolute Gasteiger partial charge is 0.224 e. The highest BCUT2D eigenvalue weighted by Crippen LogP contribution is 2.37. The van der Waals surface area contributed by atoms with Gasteiger partial charge in [-0.2, -0.15) is 0 Å². The van der Waals surface area contributed by atoms with Crippen LogP contribution in [0.3, 0.4) is 0 Å². The fraction of sp³-hybridized carbons (Fsp3) is 0.588. The summed E-state index contributed by atoms with van der Waals surface area (Å²) < 4.78 is 0. The molecule has 2 aliphatic rings. The highest BCUT2D eigenvalue weighted by atomic mass is 16.1. The normalized spacial score (nSPS) is 21.1. The summed E-state index contributed by atoms with van der Waals surface area (Å²) in [4.78, 5) is 11.4. The third kappa shape index (κ3) is 2.73. The van der Waals surface area contributed by atoms with Gasteiger partial charge in [-0.1, -0.05) is 31.4 Å². The minimum absolute atomic E-state index is 0.132. The lowest BCUT2D eigenvalue weighted by molar-refractivity contribution is -0.116. The molecular weight excluding hydrogens is 248 g/mol. The van der Waals surface area contributed by atoms with E-state index >= 15 is 0 Å². The van der Waals surface area contributed by atoms with Crippen molar-refractivity contribution in [3.8, 4) is 0 Å². The van der Waals surface area contributed by atoms with Crippen LogP contribution in [0.5, 0.6) is 0 Å². The van der Waals surface area contributed by atoms with Crippen molar-refractivity contribution < 1.29 is 4.79 Å². The fourth-order valence-corrected chi connectivity index (χ4v) is 3.77. The maximum atomic E-state index is 11.4. The Morgan fingerprint density at radius 2 is 2.00 bits per heavy atom. The zero-order valence-corrected chi connectivity index (χ0v) is 12.0. The van der Waals surface area contributed by atoms with E-state index in [0.717, 1.165) is 24.6 Å². The molecule has 1 aliphatic heterocycles. The zero-order valence-electron chi connectivity index (χ0n) is 12.0. The van der Waals surface area contributed by atoms with Crippen LogP contribution in [0.15, 0.2) is 18.2 Å². The summed E-state index contributed by atoms with van der Waals surface area (Å²) in [6.07, 6.45) is 8.17. The van der Waals surface area contributed by atoms with E-state index in [0.29, 0.717) is 12.3 Å². The molecule has 108 valence electrons. The molecule has 0 spiro atoms. The number of nitrogens with one attached hydrogen (secondary N) is 1. The Balaban J connectivity index is 1.83. The number of hydrogen-bond acceptors (Lipinski definition) is 2. The molecule has 1 atom stereocenters. The number of carbonyl (C=O) groups excluding carboxylic acids is 1. The Kier molecular flexibility index (Phi) is 4.06. The van der Waals surface area contributed by atoms with Gasteiger partial charge in [-0.3, -0.25) is 4.79 Å².